The van der Waals surface area contributed by atoms with E-state index >= 15 is 0 Å². The van der Waals surface area contributed by atoms with E-state index in [1.165, 1.54) is 5.19 Å². The van der Waals surface area contributed by atoms with Crippen LogP contribution in [0.2, 0.25) is 12.1 Å². The SMILES string of the molecule is FC1(F)CCC(C2CC[Si](Cl)(c3ccccc3)CC2)CC1. The van der Waals surface area contributed by atoms with Crippen LogP contribution >= 0.6 is 11.1 Å². The molecule has 2 fully saturated rings. The predicted octanol–water partition coefficient (Wildman–Crippen LogP) is 5.31. The summed E-state index contributed by atoms with van der Waals surface area (Å²) in [7, 11) is -1.82. The molecule has 3 rings (SSSR count). The van der Waals surface area contributed by atoms with Crippen LogP contribution in [0.1, 0.15) is 38.5 Å². The second-order valence-electron chi connectivity index (χ2n) is 6.86. The van der Waals surface area contributed by atoms with Gasteiger partial charge in [0.25, 0.3) is 0 Å². The van der Waals surface area contributed by atoms with Crippen molar-refractivity contribution in [3.05, 3.63) is 30.3 Å². The van der Waals surface area contributed by atoms with Gasteiger partial charge in [0, 0.05) is 12.8 Å². The van der Waals surface area contributed by atoms with E-state index in [0.29, 0.717) is 24.7 Å². The third-order valence-electron chi connectivity index (χ3n) is 5.54. The minimum atomic E-state index is -2.40. The highest BCUT2D eigenvalue weighted by atomic mass is 35.6. The molecular weight excluding hydrogens is 306 g/mol. The van der Waals surface area contributed by atoms with E-state index in [-0.39, 0.29) is 12.8 Å². The number of alkyl halides is 2. The van der Waals surface area contributed by atoms with Gasteiger partial charge in [-0.05, 0) is 42.0 Å². The lowest BCUT2D eigenvalue weighted by molar-refractivity contribution is -0.0529. The normalized spacial score (nSPS) is 33.8. The minimum Gasteiger partial charge on any atom is -0.207 e. The van der Waals surface area contributed by atoms with Crippen LogP contribution in [-0.4, -0.2) is 13.3 Å². The molecule has 1 saturated heterocycles. The lowest BCUT2D eigenvalue weighted by Crippen LogP contribution is -2.46. The molecule has 0 aromatic heterocycles. The van der Waals surface area contributed by atoms with Crippen LogP contribution in [0.3, 0.4) is 0 Å². The predicted molar refractivity (Wildman–Crippen MR) is 86.9 cm³/mol. The zero-order valence-corrected chi connectivity index (χ0v) is 14.1. The molecule has 0 unspecified atom stereocenters. The molecule has 0 N–H and O–H groups in total. The Kier molecular flexibility index (Phi) is 4.42. The van der Waals surface area contributed by atoms with Crippen molar-refractivity contribution in [2.75, 3.05) is 0 Å². The molecule has 0 spiro atoms. The Hall–Kier alpha value is -0.413. The van der Waals surface area contributed by atoms with Gasteiger partial charge in [-0.25, -0.2) is 8.78 Å². The van der Waals surface area contributed by atoms with E-state index < -0.39 is 13.3 Å². The van der Waals surface area contributed by atoms with Gasteiger partial charge in [-0.2, -0.15) is 11.1 Å². The van der Waals surface area contributed by atoms with Gasteiger partial charge in [0.15, 0.2) is 7.38 Å². The summed E-state index contributed by atoms with van der Waals surface area (Å²) in [5.74, 6) is -1.26. The average Bonchev–Trinajstić information content (AvgIpc) is 2.49. The zero-order valence-electron chi connectivity index (χ0n) is 12.3. The quantitative estimate of drug-likeness (QED) is 0.509. The maximum Gasteiger partial charge on any atom is 0.248 e. The van der Waals surface area contributed by atoms with E-state index in [2.05, 4.69) is 24.3 Å². The van der Waals surface area contributed by atoms with Crippen LogP contribution in [-0.2, 0) is 0 Å². The number of rotatable bonds is 2. The van der Waals surface area contributed by atoms with Gasteiger partial charge >= 0.3 is 0 Å². The van der Waals surface area contributed by atoms with Crippen LogP contribution in [0.15, 0.2) is 30.3 Å². The summed E-state index contributed by atoms with van der Waals surface area (Å²) in [5, 5.41) is 1.35. The van der Waals surface area contributed by atoms with Crippen molar-refractivity contribution in [1.82, 2.24) is 0 Å². The molecule has 4 heteroatoms. The van der Waals surface area contributed by atoms with Crippen LogP contribution in [0.25, 0.3) is 0 Å². The van der Waals surface area contributed by atoms with Gasteiger partial charge in [0.2, 0.25) is 5.92 Å². The molecule has 0 amide bonds. The smallest absolute Gasteiger partial charge is 0.207 e. The van der Waals surface area contributed by atoms with E-state index in [4.69, 9.17) is 11.1 Å². The monoisotopic (exact) mass is 328 g/mol. The maximum atomic E-state index is 13.3. The summed E-state index contributed by atoms with van der Waals surface area (Å²) in [6.07, 6.45) is 3.88. The van der Waals surface area contributed by atoms with Crippen molar-refractivity contribution < 1.29 is 8.78 Å². The summed E-state index contributed by atoms with van der Waals surface area (Å²) < 4.78 is 26.6. The number of hydrogen-bond donors (Lipinski definition) is 0. The highest BCUT2D eigenvalue weighted by Crippen LogP contribution is 2.45. The van der Waals surface area contributed by atoms with Gasteiger partial charge in [0.05, 0.1) is 0 Å². The summed E-state index contributed by atoms with van der Waals surface area (Å²) in [5.41, 5.74) is 0. The summed E-state index contributed by atoms with van der Waals surface area (Å²) >= 11 is 6.97. The van der Waals surface area contributed by atoms with E-state index in [1.54, 1.807) is 0 Å². The lowest BCUT2D eigenvalue weighted by Gasteiger charge is -2.40. The van der Waals surface area contributed by atoms with E-state index in [9.17, 15) is 8.78 Å². The van der Waals surface area contributed by atoms with Crippen molar-refractivity contribution in [3.63, 3.8) is 0 Å². The van der Waals surface area contributed by atoms with Crippen molar-refractivity contribution in [2.45, 2.75) is 56.5 Å². The Labute approximate surface area is 131 Å². The molecular formula is C17H23ClF2Si. The fourth-order valence-electron chi connectivity index (χ4n) is 4.13. The Morgan fingerprint density at radius 3 is 2.00 bits per heavy atom. The average molecular weight is 329 g/mol. The fraction of sp³-hybridized carbons (Fsp3) is 0.647. The minimum absolute atomic E-state index is 0.0935. The highest BCUT2D eigenvalue weighted by Gasteiger charge is 2.42. The molecule has 0 nitrogen and oxygen atoms in total. The summed E-state index contributed by atoms with van der Waals surface area (Å²) in [4.78, 5) is 0. The van der Waals surface area contributed by atoms with Crippen molar-refractivity contribution in [1.29, 1.82) is 0 Å². The van der Waals surface area contributed by atoms with Gasteiger partial charge in [-0.3, -0.25) is 0 Å². The van der Waals surface area contributed by atoms with Crippen molar-refractivity contribution in [3.8, 4) is 0 Å². The summed E-state index contributed by atoms with van der Waals surface area (Å²) in [6.45, 7) is 0. The molecule has 1 saturated carbocycles. The Bertz CT molecular complexity index is 459. The molecule has 1 heterocycles. The first kappa shape index (κ1) is 15.5. The lowest BCUT2D eigenvalue weighted by atomic mass is 9.76. The topological polar surface area (TPSA) is 0 Å². The second-order valence-corrected chi connectivity index (χ2v) is 12.5. The van der Waals surface area contributed by atoms with Gasteiger partial charge in [0.1, 0.15) is 0 Å². The van der Waals surface area contributed by atoms with Gasteiger partial charge < -0.3 is 0 Å². The van der Waals surface area contributed by atoms with E-state index in [1.807, 2.05) is 6.07 Å². The molecule has 21 heavy (non-hydrogen) atoms. The first-order chi connectivity index (χ1) is 9.99. The van der Waals surface area contributed by atoms with Crippen LogP contribution in [0.4, 0.5) is 8.78 Å². The standard InChI is InChI=1S/C17H23ClF2Si/c18-21(16-4-2-1-3-5-16)12-8-15(9-13-21)14-6-10-17(19,20)11-7-14/h1-5,14-15H,6-13H2. The van der Waals surface area contributed by atoms with Crippen LogP contribution in [0, 0.1) is 11.8 Å². The Balaban J connectivity index is 1.58. The van der Waals surface area contributed by atoms with Gasteiger partial charge in [-0.15, -0.1) is 0 Å². The highest BCUT2D eigenvalue weighted by molar-refractivity contribution is 7.27. The van der Waals surface area contributed by atoms with Crippen LogP contribution < -0.4 is 5.19 Å². The number of benzene rings is 1. The molecule has 116 valence electrons. The molecule has 1 aromatic rings. The zero-order chi connectivity index (χ0) is 14.9. The molecule has 1 aromatic carbocycles. The molecule has 0 radical (unpaired) electrons. The largest absolute Gasteiger partial charge is 0.248 e. The van der Waals surface area contributed by atoms with E-state index in [0.717, 1.165) is 24.9 Å². The first-order valence-corrected chi connectivity index (χ1v) is 11.5. The fourth-order valence-corrected chi connectivity index (χ4v) is 8.44. The third-order valence-corrected chi connectivity index (χ3v) is 10.9. The molecule has 0 atom stereocenters. The third kappa shape index (κ3) is 3.50. The number of halogens is 3. The Morgan fingerprint density at radius 1 is 0.905 bits per heavy atom. The molecule has 1 aliphatic carbocycles. The van der Waals surface area contributed by atoms with Crippen LogP contribution in [0.5, 0.6) is 0 Å². The maximum absolute atomic E-state index is 13.3. The first-order valence-electron chi connectivity index (χ1n) is 8.11. The van der Waals surface area contributed by atoms with Gasteiger partial charge in [-0.1, -0.05) is 43.2 Å². The number of hydrogen-bond acceptors (Lipinski definition) is 0. The van der Waals surface area contributed by atoms with Crippen molar-refractivity contribution >= 4 is 23.6 Å². The summed E-state index contributed by atoms with van der Waals surface area (Å²) in [6, 6.07) is 12.7. The Morgan fingerprint density at radius 2 is 1.43 bits per heavy atom. The van der Waals surface area contributed by atoms with Crippen molar-refractivity contribution in [2.24, 2.45) is 11.8 Å². The molecule has 2 aliphatic rings. The molecule has 1 aliphatic heterocycles. The molecule has 0 bridgehead atoms. The second kappa shape index (κ2) is 6.00.